The molecule has 2 amide bonds. The Labute approximate surface area is 244 Å². The highest BCUT2D eigenvalue weighted by Gasteiger charge is 2.40. The second-order valence-corrected chi connectivity index (χ2v) is 12.1. The van der Waals surface area contributed by atoms with Crippen LogP contribution >= 0.6 is 0 Å². The Kier molecular flexibility index (Phi) is 7.12. The van der Waals surface area contributed by atoms with Crippen molar-refractivity contribution in [2.75, 3.05) is 6.54 Å². The number of hydrogen-bond acceptors (Lipinski definition) is 7. The number of fused-ring (bicyclic) bond motifs is 2. The molecule has 42 heavy (non-hydrogen) atoms. The van der Waals surface area contributed by atoms with Crippen molar-refractivity contribution in [2.45, 2.75) is 59.1 Å². The number of aromatic nitrogens is 3. The normalized spacial score (nSPS) is 24.0. The van der Waals surface area contributed by atoms with Crippen LogP contribution in [-0.2, 0) is 16.1 Å². The number of nitrogens with zero attached hydrogens (tertiary/aromatic N) is 4. The monoisotopic (exact) mass is 566 g/mol. The molecule has 216 valence electrons. The number of rotatable bonds is 6. The summed E-state index contributed by atoms with van der Waals surface area (Å²) in [6, 6.07) is 16.1. The van der Waals surface area contributed by atoms with Gasteiger partial charge in [-0.3, -0.25) is 19.1 Å². The van der Waals surface area contributed by atoms with E-state index in [4.69, 9.17) is 9.72 Å². The first-order valence-corrected chi connectivity index (χ1v) is 14.6. The van der Waals surface area contributed by atoms with Gasteiger partial charge in [-0.05, 0) is 53.9 Å². The Hall–Kier alpha value is -4.40. The highest BCUT2D eigenvalue weighted by atomic mass is 16.5. The van der Waals surface area contributed by atoms with Gasteiger partial charge < -0.3 is 4.74 Å². The molecule has 3 aliphatic rings. The lowest BCUT2D eigenvalue weighted by Gasteiger charge is -2.37. The van der Waals surface area contributed by atoms with E-state index in [-0.39, 0.29) is 60.1 Å². The number of hydrogen-bond donors (Lipinski definition) is 0. The topological polar surface area (TPSA) is 111 Å². The van der Waals surface area contributed by atoms with Crippen molar-refractivity contribution < 1.29 is 19.1 Å². The molecule has 3 aromatic rings. The Morgan fingerprint density at radius 3 is 2.12 bits per heavy atom. The zero-order chi connectivity index (χ0) is 29.7. The van der Waals surface area contributed by atoms with Crippen LogP contribution in [0.4, 0.5) is 0 Å². The van der Waals surface area contributed by atoms with Crippen LogP contribution in [-0.4, -0.2) is 49.9 Å². The molecule has 0 bridgehead atoms. The molecule has 3 unspecified atom stereocenters. The number of carbonyl (C=O) groups is 3. The first-order chi connectivity index (χ1) is 20.1. The van der Waals surface area contributed by atoms with Gasteiger partial charge in [0.15, 0.2) is 5.82 Å². The molecular weight excluding hydrogens is 532 g/mol. The molecule has 1 aliphatic carbocycles. The van der Waals surface area contributed by atoms with E-state index < -0.39 is 17.6 Å². The minimum absolute atomic E-state index is 0.000432. The fraction of sp³-hybridized carbons (Fsp3) is 0.394. The highest BCUT2D eigenvalue weighted by Crippen LogP contribution is 2.38. The van der Waals surface area contributed by atoms with Crippen LogP contribution in [0.5, 0.6) is 0 Å². The van der Waals surface area contributed by atoms with Crippen LogP contribution in [0.2, 0.25) is 0 Å². The molecule has 0 saturated heterocycles. The summed E-state index contributed by atoms with van der Waals surface area (Å²) in [6.07, 6.45) is 1.71. The van der Waals surface area contributed by atoms with Crippen molar-refractivity contribution in [1.82, 2.24) is 19.4 Å². The second-order valence-electron chi connectivity index (χ2n) is 12.1. The first-order valence-electron chi connectivity index (χ1n) is 14.6. The van der Waals surface area contributed by atoms with Gasteiger partial charge in [0, 0.05) is 12.5 Å². The second kappa shape index (κ2) is 10.8. The van der Waals surface area contributed by atoms with E-state index in [2.05, 4.69) is 25.8 Å². The molecule has 2 aromatic carbocycles. The third-order valence-corrected chi connectivity index (χ3v) is 8.77. The Balaban J connectivity index is 1.35. The van der Waals surface area contributed by atoms with Gasteiger partial charge in [0.25, 0.3) is 11.8 Å². The van der Waals surface area contributed by atoms with Crippen molar-refractivity contribution in [3.05, 3.63) is 93.4 Å². The zero-order valence-electron chi connectivity index (χ0n) is 24.2. The third kappa shape index (κ3) is 4.76. The van der Waals surface area contributed by atoms with Crippen molar-refractivity contribution in [3.63, 3.8) is 0 Å². The lowest BCUT2D eigenvalue weighted by molar-refractivity contribution is -0.150. The van der Waals surface area contributed by atoms with Crippen LogP contribution in [0.1, 0.15) is 84.4 Å². The SMILES string of the molecule is CC1CC(C)C(OC(=O)C2=C(c3ccccc3)Cn3c2nc(C(C)CN2C(=O)c4ccccc4C2=O)nc3=O)C(C)C1. The van der Waals surface area contributed by atoms with Crippen LogP contribution in [0.3, 0.4) is 0 Å². The maximum Gasteiger partial charge on any atom is 0.351 e. The summed E-state index contributed by atoms with van der Waals surface area (Å²) in [7, 11) is 0. The predicted octanol–water partition coefficient (Wildman–Crippen LogP) is 4.58. The molecule has 3 heterocycles. The summed E-state index contributed by atoms with van der Waals surface area (Å²) < 4.78 is 7.59. The van der Waals surface area contributed by atoms with E-state index in [1.54, 1.807) is 31.2 Å². The van der Waals surface area contributed by atoms with Gasteiger partial charge >= 0.3 is 11.7 Å². The van der Waals surface area contributed by atoms with Crippen LogP contribution in [0, 0.1) is 17.8 Å². The molecule has 0 radical (unpaired) electrons. The molecule has 9 nitrogen and oxygen atoms in total. The molecule has 0 N–H and O–H groups in total. The van der Waals surface area contributed by atoms with Crippen molar-refractivity contribution in [1.29, 1.82) is 0 Å². The molecule has 9 heteroatoms. The van der Waals surface area contributed by atoms with E-state index in [9.17, 15) is 19.2 Å². The van der Waals surface area contributed by atoms with Gasteiger partial charge in [-0.2, -0.15) is 4.98 Å². The third-order valence-electron chi connectivity index (χ3n) is 8.77. The number of ether oxygens (including phenoxy) is 1. The van der Waals surface area contributed by atoms with Crippen molar-refractivity contribution >= 4 is 28.9 Å². The molecule has 0 spiro atoms. The summed E-state index contributed by atoms with van der Waals surface area (Å²) in [6.45, 7) is 8.36. The predicted molar refractivity (Wildman–Crippen MR) is 156 cm³/mol. The summed E-state index contributed by atoms with van der Waals surface area (Å²) in [5.41, 5.74) is 1.87. The Morgan fingerprint density at radius 2 is 1.50 bits per heavy atom. The molecule has 6 rings (SSSR count). The molecule has 2 aliphatic heterocycles. The summed E-state index contributed by atoms with van der Waals surface area (Å²) in [5.74, 6) is -0.492. The molecule has 3 atom stereocenters. The fourth-order valence-electron chi connectivity index (χ4n) is 6.83. The van der Waals surface area contributed by atoms with Crippen LogP contribution in [0.25, 0.3) is 11.1 Å². The Bertz CT molecular complexity index is 1630. The standard InChI is InChI=1S/C33H34N4O5/c1-18-14-19(2)27(20(3)15-18)42-32(40)26-25(22-10-6-5-7-11-22)17-36-29(26)34-28(35-33(36)41)21(4)16-37-30(38)23-12-8-9-13-24(23)31(37)39/h5-13,18-21,27H,14-17H2,1-4H3. The minimum atomic E-state index is -0.552. The highest BCUT2D eigenvalue weighted by molar-refractivity contribution is 6.25. The fourth-order valence-corrected chi connectivity index (χ4v) is 6.83. The maximum atomic E-state index is 14.0. The summed E-state index contributed by atoms with van der Waals surface area (Å²) in [4.78, 5) is 63.3. The summed E-state index contributed by atoms with van der Waals surface area (Å²) >= 11 is 0. The number of amides is 2. The molecular formula is C33H34N4O5. The van der Waals surface area contributed by atoms with Gasteiger partial charge in [0.05, 0.1) is 17.7 Å². The van der Waals surface area contributed by atoms with E-state index in [0.717, 1.165) is 23.3 Å². The van der Waals surface area contributed by atoms with E-state index in [1.807, 2.05) is 30.3 Å². The van der Waals surface area contributed by atoms with Gasteiger partial charge in [-0.15, -0.1) is 0 Å². The number of benzene rings is 2. The van der Waals surface area contributed by atoms with Gasteiger partial charge in [0.1, 0.15) is 17.5 Å². The number of carbonyl (C=O) groups excluding carboxylic acids is 3. The van der Waals surface area contributed by atoms with Crippen molar-refractivity contribution in [2.24, 2.45) is 17.8 Å². The van der Waals surface area contributed by atoms with E-state index in [1.165, 1.54) is 4.57 Å². The smallest absolute Gasteiger partial charge is 0.351 e. The lowest BCUT2D eigenvalue weighted by atomic mass is 9.75. The maximum absolute atomic E-state index is 14.0. The van der Waals surface area contributed by atoms with Crippen LogP contribution < -0.4 is 5.69 Å². The zero-order valence-corrected chi connectivity index (χ0v) is 24.2. The first kappa shape index (κ1) is 27.8. The van der Waals surface area contributed by atoms with Gasteiger partial charge in [-0.1, -0.05) is 70.2 Å². The van der Waals surface area contributed by atoms with Crippen molar-refractivity contribution in [3.8, 4) is 0 Å². The number of imide groups is 1. The van der Waals surface area contributed by atoms with E-state index in [0.29, 0.717) is 22.6 Å². The lowest BCUT2D eigenvalue weighted by Crippen LogP contribution is -2.38. The summed E-state index contributed by atoms with van der Waals surface area (Å²) in [5, 5.41) is 0. The Morgan fingerprint density at radius 1 is 0.905 bits per heavy atom. The number of allylic oxidation sites excluding steroid dienone is 1. The average Bonchev–Trinajstić information content (AvgIpc) is 3.47. The quantitative estimate of drug-likeness (QED) is 0.317. The van der Waals surface area contributed by atoms with Crippen LogP contribution in [0.15, 0.2) is 59.4 Å². The molecule has 1 saturated carbocycles. The minimum Gasteiger partial charge on any atom is -0.458 e. The van der Waals surface area contributed by atoms with E-state index >= 15 is 0 Å². The molecule has 1 aromatic heterocycles. The number of esters is 1. The van der Waals surface area contributed by atoms with Gasteiger partial charge in [-0.25, -0.2) is 14.6 Å². The average molecular weight is 567 g/mol. The largest absolute Gasteiger partial charge is 0.458 e. The van der Waals surface area contributed by atoms with Gasteiger partial charge in [0.2, 0.25) is 0 Å². The molecule has 1 fully saturated rings.